The van der Waals surface area contributed by atoms with Gasteiger partial charge in [-0.3, -0.25) is 0 Å². The molecule has 1 unspecified atom stereocenters. The Morgan fingerprint density at radius 1 is 0.786 bits per heavy atom. The second-order valence-electron chi connectivity index (χ2n) is 7.50. The van der Waals surface area contributed by atoms with E-state index in [1.54, 1.807) is 0 Å². The number of hydrogen-bond donors (Lipinski definition) is 1. The zero-order valence-corrected chi connectivity index (χ0v) is 16.6. The molecule has 0 aliphatic rings. The van der Waals surface area contributed by atoms with Gasteiger partial charge >= 0.3 is 0 Å². The van der Waals surface area contributed by atoms with Crippen LogP contribution in [-0.2, 0) is 17.6 Å². The first-order chi connectivity index (χ1) is 13.7. The lowest BCUT2D eigenvalue weighted by Gasteiger charge is -2.11. The van der Waals surface area contributed by atoms with Gasteiger partial charge in [-0.15, -0.1) is 0 Å². The van der Waals surface area contributed by atoms with E-state index < -0.39 is 0 Å². The molecule has 2 heteroatoms. The largest absolute Gasteiger partial charge is 0.356 e. The first kappa shape index (κ1) is 19.9. The number of benzene rings is 3. The highest BCUT2D eigenvalue weighted by atomic mass is 16.1. The summed E-state index contributed by atoms with van der Waals surface area (Å²) in [6.07, 6.45) is 6.03. The standard InChI is InChI=1S/C26H29NO/c1-21-13-17-25(18-14-21)27-26-12-6-10-23(19-26)9-5-11-24(20-28)16-15-22-7-3-2-4-8-22/h2-4,6-8,10,12-14,17-20,24,27H,5,9,11,15-16H2,1H3. The molecular weight excluding hydrogens is 342 g/mol. The third-order valence-corrected chi connectivity index (χ3v) is 5.15. The minimum absolute atomic E-state index is 0.147. The highest BCUT2D eigenvalue weighted by molar-refractivity contribution is 5.60. The quantitative estimate of drug-likeness (QED) is 0.412. The van der Waals surface area contributed by atoms with Gasteiger partial charge in [0.2, 0.25) is 0 Å². The van der Waals surface area contributed by atoms with E-state index in [0.717, 1.165) is 49.8 Å². The van der Waals surface area contributed by atoms with Crippen molar-refractivity contribution < 1.29 is 4.79 Å². The second-order valence-corrected chi connectivity index (χ2v) is 7.50. The molecule has 0 amide bonds. The first-order valence-corrected chi connectivity index (χ1v) is 10.1. The molecule has 0 spiro atoms. The maximum atomic E-state index is 11.4. The lowest BCUT2D eigenvalue weighted by molar-refractivity contribution is -0.111. The molecule has 0 saturated heterocycles. The molecular formula is C26H29NO. The van der Waals surface area contributed by atoms with Crippen LogP contribution in [0, 0.1) is 12.8 Å². The average Bonchev–Trinajstić information content (AvgIpc) is 2.73. The van der Waals surface area contributed by atoms with E-state index in [4.69, 9.17) is 0 Å². The predicted octanol–water partition coefficient (Wildman–Crippen LogP) is 6.51. The molecule has 0 aliphatic carbocycles. The third kappa shape index (κ3) is 6.38. The molecule has 1 atom stereocenters. The van der Waals surface area contributed by atoms with Crippen molar-refractivity contribution in [3.05, 3.63) is 95.6 Å². The van der Waals surface area contributed by atoms with Gasteiger partial charge in [-0.25, -0.2) is 0 Å². The summed E-state index contributed by atoms with van der Waals surface area (Å²) in [5.74, 6) is 0.147. The zero-order valence-electron chi connectivity index (χ0n) is 16.6. The van der Waals surface area contributed by atoms with Gasteiger partial charge in [0.1, 0.15) is 6.29 Å². The molecule has 0 fully saturated rings. The summed E-state index contributed by atoms with van der Waals surface area (Å²) in [7, 11) is 0. The Kier molecular flexibility index (Phi) is 7.43. The molecule has 3 rings (SSSR count). The Labute approximate surface area is 168 Å². The van der Waals surface area contributed by atoms with Gasteiger partial charge in [-0.2, -0.15) is 0 Å². The molecule has 1 N–H and O–H groups in total. The van der Waals surface area contributed by atoms with E-state index >= 15 is 0 Å². The Bertz CT molecular complexity index is 855. The topological polar surface area (TPSA) is 29.1 Å². The van der Waals surface area contributed by atoms with Crippen LogP contribution in [0.2, 0.25) is 0 Å². The number of aldehydes is 1. The third-order valence-electron chi connectivity index (χ3n) is 5.15. The fraction of sp³-hybridized carbons (Fsp3) is 0.269. The summed E-state index contributed by atoms with van der Waals surface area (Å²) >= 11 is 0. The van der Waals surface area contributed by atoms with E-state index in [-0.39, 0.29) is 5.92 Å². The molecule has 28 heavy (non-hydrogen) atoms. The molecule has 0 bridgehead atoms. The number of hydrogen-bond acceptors (Lipinski definition) is 2. The molecule has 0 aliphatic heterocycles. The number of anilines is 2. The van der Waals surface area contributed by atoms with Crippen LogP contribution in [0.3, 0.4) is 0 Å². The molecule has 0 heterocycles. The van der Waals surface area contributed by atoms with Gasteiger partial charge in [-0.1, -0.05) is 60.2 Å². The van der Waals surface area contributed by atoms with Crippen molar-refractivity contribution in [1.29, 1.82) is 0 Å². The number of rotatable bonds is 10. The van der Waals surface area contributed by atoms with Crippen molar-refractivity contribution in [2.24, 2.45) is 5.92 Å². The van der Waals surface area contributed by atoms with Crippen LogP contribution in [0.4, 0.5) is 11.4 Å². The van der Waals surface area contributed by atoms with Crippen molar-refractivity contribution in [3.8, 4) is 0 Å². The fourth-order valence-corrected chi connectivity index (χ4v) is 3.45. The summed E-state index contributed by atoms with van der Waals surface area (Å²) in [4.78, 5) is 11.4. The Balaban J connectivity index is 1.47. The van der Waals surface area contributed by atoms with Gasteiger partial charge in [-0.05, 0) is 74.4 Å². The van der Waals surface area contributed by atoms with Crippen molar-refractivity contribution in [2.75, 3.05) is 5.32 Å². The first-order valence-electron chi connectivity index (χ1n) is 10.1. The molecule has 2 nitrogen and oxygen atoms in total. The van der Waals surface area contributed by atoms with Crippen molar-refractivity contribution >= 4 is 17.7 Å². The predicted molar refractivity (Wildman–Crippen MR) is 118 cm³/mol. The minimum atomic E-state index is 0.147. The van der Waals surface area contributed by atoms with Crippen LogP contribution in [0.5, 0.6) is 0 Å². The van der Waals surface area contributed by atoms with Gasteiger partial charge in [0.15, 0.2) is 0 Å². The fourth-order valence-electron chi connectivity index (χ4n) is 3.45. The summed E-state index contributed by atoms with van der Waals surface area (Å²) in [5.41, 5.74) is 6.09. The van der Waals surface area contributed by atoms with Gasteiger partial charge in [0.25, 0.3) is 0 Å². The maximum absolute atomic E-state index is 11.4. The smallest absolute Gasteiger partial charge is 0.123 e. The summed E-state index contributed by atoms with van der Waals surface area (Å²) in [6.45, 7) is 2.09. The molecule has 0 aromatic heterocycles. The van der Waals surface area contributed by atoms with E-state index in [1.807, 2.05) is 6.07 Å². The summed E-state index contributed by atoms with van der Waals surface area (Å²) < 4.78 is 0. The van der Waals surface area contributed by atoms with E-state index in [2.05, 4.69) is 85.0 Å². The minimum Gasteiger partial charge on any atom is -0.356 e. The molecule has 3 aromatic rings. The van der Waals surface area contributed by atoms with Crippen LogP contribution in [0.25, 0.3) is 0 Å². The van der Waals surface area contributed by atoms with Gasteiger partial charge < -0.3 is 10.1 Å². The van der Waals surface area contributed by atoms with Crippen molar-refractivity contribution in [1.82, 2.24) is 0 Å². The molecule has 0 radical (unpaired) electrons. The maximum Gasteiger partial charge on any atom is 0.123 e. The average molecular weight is 372 g/mol. The highest BCUT2D eigenvalue weighted by Gasteiger charge is 2.08. The van der Waals surface area contributed by atoms with Crippen LogP contribution < -0.4 is 5.32 Å². The number of carbonyl (C=O) groups excluding carboxylic acids is 1. The molecule has 3 aromatic carbocycles. The zero-order chi connectivity index (χ0) is 19.6. The normalized spacial score (nSPS) is 11.8. The van der Waals surface area contributed by atoms with Crippen LogP contribution in [0.15, 0.2) is 78.9 Å². The van der Waals surface area contributed by atoms with Crippen LogP contribution >= 0.6 is 0 Å². The number of carbonyl (C=O) groups is 1. The SMILES string of the molecule is Cc1ccc(Nc2cccc(CCCC(C=O)CCc3ccccc3)c2)cc1. The van der Waals surface area contributed by atoms with Crippen molar-refractivity contribution in [2.45, 2.75) is 39.0 Å². The summed E-state index contributed by atoms with van der Waals surface area (Å²) in [5, 5.41) is 3.46. The van der Waals surface area contributed by atoms with E-state index in [9.17, 15) is 4.79 Å². The Morgan fingerprint density at radius 3 is 2.29 bits per heavy atom. The highest BCUT2D eigenvalue weighted by Crippen LogP contribution is 2.20. The van der Waals surface area contributed by atoms with Crippen LogP contribution in [-0.4, -0.2) is 6.29 Å². The van der Waals surface area contributed by atoms with Crippen LogP contribution in [0.1, 0.15) is 36.0 Å². The van der Waals surface area contributed by atoms with Gasteiger partial charge in [0, 0.05) is 17.3 Å². The van der Waals surface area contributed by atoms with E-state index in [0.29, 0.717) is 0 Å². The van der Waals surface area contributed by atoms with E-state index in [1.165, 1.54) is 16.7 Å². The lowest BCUT2D eigenvalue weighted by Crippen LogP contribution is -2.05. The van der Waals surface area contributed by atoms with Crippen molar-refractivity contribution in [3.63, 3.8) is 0 Å². The van der Waals surface area contributed by atoms with Gasteiger partial charge in [0.05, 0.1) is 0 Å². The Hall–Kier alpha value is -2.87. The lowest BCUT2D eigenvalue weighted by atomic mass is 9.94. The monoisotopic (exact) mass is 371 g/mol. The summed E-state index contributed by atoms with van der Waals surface area (Å²) in [6, 6.07) is 27.4. The molecule has 0 saturated carbocycles. The number of aryl methyl sites for hydroxylation is 3. The molecule has 144 valence electrons. The second kappa shape index (κ2) is 10.5. The number of nitrogens with one attached hydrogen (secondary N) is 1. The Morgan fingerprint density at radius 2 is 1.54 bits per heavy atom.